The first-order chi connectivity index (χ1) is 19.8. The van der Waals surface area contributed by atoms with Gasteiger partial charge in [0, 0.05) is 54.8 Å². The number of pyridine rings is 1. The highest BCUT2D eigenvalue weighted by atomic mass is 32.1. The van der Waals surface area contributed by atoms with Crippen LogP contribution < -0.4 is 0 Å². The summed E-state index contributed by atoms with van der Waals surface area (Å²) in [5.41, 5.74) is 8.07. The predicted octanol–water partition coefficient (Wildman–Crippen LogP) is 10.2. The van der Waals surface area contributed by atoms with Gasteiger partial charge < -0.3 is 9.13 Å². The summed E-state index contributed by atoms with van der Waals surface area (Å²) >= 11 is 1.76. The lowest BCUT2D eigenvalue weighted by Crippen LogP contribution is -1.97. The molecule has 190 valence electrons. The van der Waals surface area contributed by atoms with E-state index in [1.807, 2.05) is 6.08 Å². The highest BCUT2D eigenvalue weighted by Gasteiger charge is 2.21. The molecule has 4 aromatic carbocycles. The number of para-hydroxylation sites is 2. The Labute approximate surface area is 235 Å². The Balaban J connectivity index is 1.53. The van der Waals surface area contributed by atoms with E-state index in [2.05, 4.69) is 138 Å². The van der Waals surface area contributed by atoms with Crippen molar-refractivity contribution in [2.75, 3.05) is 0 Å². The second kappa shape index (κ2) is 8.80. The highest BCUT2D eigenvalue weighted by Crippen LogP contribution is 2.42. The fourth-order valence-electron chi connectivity index (χ4n) is 6.25. The third kappa shape index (κ3) is 3.14. The molecule has 4 heterocycles. The number of allylic oxidation sites excluding steroid dienone is 1. The van der Waals surface area contributed by atoms with Crippen molar-refractivity contribution < 1.29 is 0 Å². The number of aromatic nitrogens is 3. The number of rotatable bonds is 4. The van der Waals surface area contributed by atoms with Gasteiger partial charge in [0.1, 0.15) is 4.83 Å². The van der Waals surface area contributed by atoms with Gasteiger partial charge in [0.05, 0.1) is 22.2 Å². The van der Waals surface area contributed by atoms with Crippen LogP contribution >= 0.6 is 11.3 Å². The molecule has 0 bridgehead atoms. The summed E-state index contributed by atoms with van der Waals surface area (Å²) in [6.07, 6.45) is 8.33. The summed E-state index contributed by atoms with van der Waals surface area (Å²) in [6.45, 7) is 6.27. The average Bonchev–Trinajstić information content (AvgIpc) is 3.65. The molecule has 0 radical (unpaired) electrons. The van der Waals surface area contributed by atoms with Crippen molar-refractivity contribution in [3.8, 4) is 11.4 Å². The standard InChI is InChI=1S/C36H25N3S/c1-3-12-25-28-21-24(19-20-32(28)38(30(25)4-2)23-13-6-5-7-14-23)39-31-17-10-8-15-26(31)29-22-37-36-34(35(29)39)27-16-9-11-18-33(27)40-36/h3-22H,2H2,1H3/b12-3-. The summed E-state index contributed by atoms with van der Waals surface area (Å²) in [4.78, 5) is 6.00. The fourth-order valence-corrected chi connectivity index (χ4v) is 7.30. The molecule has 0 atom stereocenters. The Morgan fingerprint density at radius 2 is 1.48 bits per heavy atom. The first-order valence-electron chi connectivity index (χ1n) is 13.5. The highest BCUT2D eigenvalue weighted by molar-refractivity contribution is 7.25. The number of fused-ring (bicyclic) bond motifs is 8. The minimum absolute atomic E-state index is 1.07. The lowest BCUT2D eigenvalue weighted by molar-refractivity contribution is 1.10. The molecule has 0 saturated heterocycles. The number of benzene rings is 4. The van der Waals surface area contributed by atoms with Crippen LogP contribution in [-0.2, 0) is 0 Å². The molecule has 8 aromatic rings. The molecule has 4 aromatic heterocycles. The summed E-state index contributed by atoms with van der Waals surface area (Å²) < 4.78 is 6.00. The van der Waals surface area contributed by atoms with Gasteiger partial charge >= 0.3 is 0 Å². The Bertz CT molecular complexity index is 2290. The van der Waals surface area contributed by atoms with Gasteiger partial charge in [-0.2, -0.15) is 0 Å². The molecule has 0 amide bonds. The van der Waals surface area contributed by atoms with Gasteiger partial charge in [-0.3, -0.25) is 0 Å². The van der Waals surface area contributed by atoms with Crippen LogP contribution in [0.3, 0.4) is 0 Å². The van der Waals surface area contributed by atoms with E-state index in [9.17, 15) is 0 Å². The monoisotopic (exact) mass is 531 g/mol. The molecular weight excluding hydrogens is 506 g/mol. The minimum atomic E-state index is 1.07. The van der Waals surface area contributed by atoms with Crippen molar-refractivity contribution in [2.24, 2.45) is 0 Å². The number of nitrogens with zero attached hydrogens (tertiary/aromatic N) is 3. The topological polar surface area (TPSA) is 22.8 Å². The molecule has 40 heavy (non-hydrogen) atoms. The second-order valence-electron chi connectivity index (χ2n) is 10.0. The quantitative estimate of drug-likeness (QED) is 0.221. The van der Waals surface area contributed by atoms with E-state index in [1.54, 1.807) is 11.3 Å². The Morgan fingerprint density at radius 1 is 0.725 bits per heavy atom. The Morgan fingerprint density at radius 3 is 2.30 bits per heavy atom. The van der Waals surface area contributed by atoms with Gasteiger partial charge in [-0.25, -0.2) is 4.98 Å². The second-order valence-corrected chi connectivity index (χ2v) is 11.1. The summed E-state index contributed by atoms with van der Waals surface area (Å²) in [5, 5.41) is 6.06. The molecule has 4 heteroatoms. The zero-order valence-corrected chi connectivity index (χ0v) is 22.8. The van der Waals surface area contributed by atoms with E-state index in [-0.39, 0.29) is 0 Å². The zero-order valence-electron chi connectivity index (χ0n) is 22.0. The third-order valence-corrected chi connectivity index (χ3v) is 8.94. The van der Waals surface area contributed by atoms with Gasteiger partial charge in [-0.15, -0.1) is 11.3 Å². The van der Waals surface area contributed by atoms with Gasteiger partial charge in [0.25, 0.3) is 0 Å². The minimum Gasteiger partial charge on any atom is -0.309 e. The van der Waals surface area contributed by atoms with Crippen LogP contribution in [0.2, 0.25) is 0 Å². The maximum atomic E-state index is 4.93. The van der Waals surface area contributed by atoms with Gasteiger partial charge in [0.2, 0.25) is 0 Å². The SMILES string of the molecule is C=Cc1c(/C=C\C)c2cc(-n3c4ccccc4c4cnc5sc6ccccc6c5c43)ccc2n1-c1ccccc1. The lowest BCUT2D eigenvalue weighted by Gasteiger charge is -2.11. The fraction of sp³-hybridized carbons (Fsp3) is 0.0278. The Kier molecular flexibility index (Phi) is 5.06. The van der Waals surface area contributed by atoms with Crippen molar-refractivity contribution in [3.63, 3.8) is 0 Å². The molecular formula is C36H25N3S. The van der Waals surface area contributed by atoms with Crippen LogP contribution in [0, 0.1) is 0 Å². The molecule has 8 rings (SSSR count). The van der Waals surface area contributed by atoms with Crippen molar-refractivity contribution in [3.05, 3.63) is 127 Å². The van der Waals surface area contributed by atoms with Crippen molar-refractivity contribution >= 4 is 76.5 Å². The smallest absolute Gasteiger partial charge is 0.126 e. The Hall–Kier alpha value is -4.93. The summed E-state index contributed by atoms with van der Waals surface area (Å²) in [5.74, 6) is 0. The van der Waals surface area contributed by atoms with Gasteiger partial charge in [-0.1, -0.05) is 73.3 Å². The van der Waals surface area contributed by atoms with E-state index < -0.39 is 0 Å². The molecule has 0 aliphatic carbocycles. The first kappa shape index (κ1) is 23.0. The molecule has 0 spiro atoms. The van der Waals surface area contributed by atoms with E-state index in [4.69, 9.17) is 4.98 Å². The number of hydrogen-bond donors (Lipinski definition) is 0. The van der Waals surface area contributed by atoms with Crippen LogP contribution in [0.25, 0.3) is 76.5 Å². The van der Waals surface area contributed by atoms with Crippen LogP contribution in [0.4, 0.5) is 0 Å². The van der Waals surface area contributed by atoms with Crippen LogP contribution in [0.5, 0.6) is 0 Å². The van der Waals surface area contributed by atoms with Crippen molar-refractivity contribution in [1.29, 1.82) is 0 Å². The summed E-state index contributed by atoms with van der Waals surface area (Å²) in [7, 11) is 0. The lowest BCUT2D eigenvalue weighted by atomic mass is 10.1. The van der Waals surface area contributed by atoms with E-state index in [1.165, 1.54) is 48.2 Å². The average molecular weight is 532 g/mol. The molecule has 0 aliphatic rings. The molecule has 0 aliphatic heterocycles. The largest absolute Gasteiger partial charge is 0.309 e. The van der Waals surface area contributed by atoms with E-state index in [0.29, 0.717) is 0 Å². The van der Waals surface area contributed by atoms with Gasteiger partial charge in [-0.05, 0) is 55.5 Å². The van der Waals surface area contributed by atoms with Crippen LogP contribution in [0.1, 0.15) is 18.2 Å². The normalized spacial score (nSPS) is 12.1. The molecule has 0 saturated carbocycles. The molecule has 0 N–H and O–H groups in total. The maximum absolute atomic E-state index is 4.93. The maximum Gasteiger partial charge on any atom is 0.126 e. The van der Waals surface area contributed by atoms with Crippen molar-refractivity contribution in [1.82, 2.24) is 14.1 Å². The molecule has 0 unspecified atom stereocenters. The first-order valence-corrected chi connectivity index (χ1v) is 14.3. The van der Waals surface area contributed by atoms with E-state index >= 15 is 0 Å². The van der Waals surface area contributed by atoms with Gasteiger partial charge in [0.15, 0.2) is 0 Å². The summed E-state index contributed by atoms with van der Waals surface area (Å²) in [6, 6.07) is 34.7. The van der Waals surface area contributed by atoms with Crippen LogP contribution in [0.15, 0.2) is 116 Å². The van der Waals surface area contributed by atoms with Crippen LogP contribution in [-0.4, -0.2) is 14.1 Å². The predicted molar refractivity (Wildman–Crippen MR) is 173 cm³/mol. The molecule has 0 fully saturated rings. The van der Waals surface area contributed by atoms with Crippen molar-refractivity contribution in [2.45, 2.75) is 6.92 Å². The van der Waals surface area contributed by atoms with E-state index in [0.717, 1.165) is 27.4 Å². The number of thiophene rings is 1. The number of hydrogen-bond acceptors (Lipinski definition) is 2. The third-order valence-electron chi connectivity index (χ3n) is 7.87. The molecule has 3 nitrogen and oxygen atoms in total. The zero-order chi connectivity index (χ0) is 26.8.